The van der Waals surface area contributed by atoms with E-state index in [2.05, 4.69) is 461 Å². The van der Waals surface area contributed by atoms with Crippen LogP contribution in [0.2, 0.25) is 39.3 Å². The second kappa shape index (κ2) is 28.7. The minimum atomic E-state index is -1.45. The van der Waals surface area contributed by atoms with E-state index in [-0.39, 0.29) is 5.41 Å². The molecule has 8 heteroatoms. The van der Waals surface area contributed by atoms with Crippen LogP contribution in [0.15, 0.2) is 388 Å². The quantitative estimate of drug-likeness (QED) is 0.0797. The molecule has 0 spiro atoms. The van der Waals surface area contributed by atoms with Gasteiger partial charge in [0.2, 0.25) is 0 Å². The number of fused-ring (bicyclic) bond motifs is 14. The molecule has 3 aliphatic rings. The molecule has 2 aliphatic heterocycles. The molecular weight excluding hydrogens is 1480 g/mol. The minimum absolute atomic E-state index is 0.0969. The number of para-hydroxylation sites is 4. The van der Waals surface area contributed by atoms with Crippen molar-refractivity contribution in [3.05, 3.63) is 399 Å². The predicted octanol–water partition coefficient (Wildman–Crippen LogP) is 31.1. The van der Waals surface area contributed by atoms with E-state index >= 15 is 0 Å². The zero-order chi connectivity index (χ0) is 80.4. The Morgan fingerprint density at radius 1 is 0.202 bits per heavy atom. The number of anilines is 12. The fourth-order valence-electron chi connectivity index (χ4n) is 18.6. The van der Waals surface area contributed by atoms with E-state index in [1.165, 1.54) is 97.6 Å². The summed E-state index contributed by atoms with van der Waals surface area (Å²) >= 11 is 0. The summed E-state index contributed by atoms with van der Waals surface area (Å²) in [5, 5.41) is 17.3. The molecule has 22 rings (SSSR count). The average Bonchev–Trinajstić information content (AvgIpc) is 1.69. The summed E-state index contributed by atoms with van der Waals surface area (Å²) in [4.78, 5) is 9.42. The monoisotopic (exact) mass is 1560 g/mol. The first-order valence-electron chi connectivity index (χ1n) is 41.4. The van der Waals surface area contributed by atoms with Gasteiger partial charge in [0, 0.05) is 108 Å². The van der Waals surface area contributed by atoms with E-state index in [4.69, 9.17) is 9.47 Å². The maximum Gasteiger partial charge on any atom is 0.137 e. The van der Waals surface area contributed by atoms with E-state index in [1.807, 2.05) is 0 Å². The molecule has 1 aliphatic carbocycles. The van der Waals surface area contributed by atoms with Gasteiger partial charge in [0.15, 0.2) is 0 Å². The summed E-state index contributed by atoms with van der Waals surface area (Å²) in [7, 11) is -2.89. The van der Waals surface area contributed by atoms with Crippen molar-refractivity contribution < 1.29 is 9.47 Å². The number of nitrogens with zero attached hydrogens (tertiary/aromatic N) is 4. The third-order valence-electron chi connectivity index (χ3n) is 24.7. The van der Waals surface area contributed by atoms with Gasteiger partial charge in [-0.1, -0.05) is 270 Å². The Morgan fingerprint density at radius 3 is 1.01 bits per heavy atom. The molecule has 2 heterocycles. The highest BCUT2D eigenvalue weighted by molar-refractivity contribution is 6.89. The molecule has 0 radical (unpaired) electrons. The van der Waals surface area contributed by atoms with Crippen molar-refractivity contribution in [1.29, 1.82) is 0 Å². The first kappa shape index (κ1) is 72.7. The largest absolute Gasteiger partial charge is 0.456 e. The van der Waals surface area contributed by atoms with Crippen LogP contribution in [0.25, 0.3) is 98.0 Å². The summed E-state index contributed by atoms with van der Waals surface area (Å²) in [6.07, 6.45) is 0. The summed E-state index contributed by atoms with van der Waals surface area (Å²) < 4.78 is 13.8. The smallest absolute Gasteiger partial charge is 0.137 e. The Labute approximate surface area is 698 Å². The highest BCUT2D eigenvalue weighted by Crippen LogP contribution is 2.56. The third-order valence-corrected chi connectivity index (χ3v) is 28.8. The van der Waals surface area contributed by atoms with Gasteiger partial charge in [-0.3, -0.25) is 0 Å². The SMILES string of the molecule is CC1(C)c2ccccc2-c2ccc(N(c3ccccc3)c3ccc4cc5c6c(cccc6c4c3)Oc3cc(N(c4ccccc4)c4ccc([Si](C)(C)C)cc4)ccc3-5)cc21.C[Si](C)(C)c1ccc(N(c2ccccc2)c2ccc3c(c2)Oc2cccc4c2c-3cc2ccc(N(c3ccccc3)c3ccc5c(ccc6ccccc65)c3)cc24)cc1. The van der Waals surface area contributed by atoms with Crippen molar-refractivity contribution >= 4 is 159 Å². The Kier molecular flexibility index (Phi) is 17.5. The van der Waals surface area contributed by atoms with Gasteiger partial charge in [0.1, 0.15) is 23.0 Å². The van der Waals surface area contributed by atoms with Crippen LogP contribution in [-0.2, 0) is 5.41 Å². The van der Waals surface area contributed by atoms with Crippen LogP contribution in [0, 0.1) is 0 Å². The molecule has 0 saturated carbocycles. The molecule has 0 fully saturated rings. The Bertz CT molecular complexity index is 7220. The molecule has 6 nitrogen and oxygen atoms in total. The molecular formula is C111H88N4O2Si2. The van der Waals surface area contributed by atoms with Crippen LogP contribution in [0.3, 0.4) is 0 Å². The second-order valence-corrected chi connectivity index (χ2v) is 44.6. The van der Waals surface area contributed by atoms with Gasteiger partial charge >= 0.3 is 0 Å². The normalized spacial score (nSPS) is 12.7. The molecule has 119 heavy (non-hydrogen) atoms. The topological polar surface area (TPSA) is 31.4 Å². The van der Waals surface area contributed by atoms with Crippen LogP contribution >= 0.6 is 0 Å². The van der Waals surface area contributed by atoms with Crippen molar-refractivity contribution in [1.82, 2.24) is 0 Å². The maximum absolute atomic E-state index is 6.90. The van der Waals surface area contributed by atoms with Gasteiger partial charge in [-0.25, -0.2) is 0 Å². The molecule has 0 N–H and O–H groups in total. The van der Waals surface area contributed by atoms with Crippen molar-refractivity contribution in [2.45, 2.75) is 58.5 Å². The Hall–Kier alpha value is -14.0. The predicted molar refractivity (Wildman–Crippen MR) is 511 cm³/mol. The lowest BCUT2D eigenvalue weighted by Gasteiger charge is -2.29. The molecule has 0 saturated heterocycles. The van der Waals surface area contributed by atoms with Crippen molar-refractivity contribution in [2.75, 3.05) is 19.6 Å². The highest BCUT2D eigenvalue weighted by Gasteiger charge is 2.37. The van der Waals surface area contributed by atoms with Gasteiger partial charge in [-0.15, -0.1) is 0 Å². The number of benzene rings is 19. The van der Waals surface area contributed by atoms with Crippen LogP contribution < -0.4 is 39.4 Å². The van der Waals surface area contributed by atoms with E-state index in [9.17, 15) is 0 Å². The van der Waals surface area contributed by atoms with Crippen LogP contribution in [0.1, 0.15) is 25.0 Å². The average molecular weight is 1570 g/mol. The molecule has 572 valence electrons. The Balaban J connectivity index is 0.000000148. The number of ether oxygens (including phenoxy) is 2. The lowest BCUT2D eigenvalue weighted by molar-refractivity contribution is 0.487. The van der Waals surface area contributed by atoms with Gasteiger partial charge in [0.05, 0.1) is 16.1 Å². The molecule has 19 aromatic carbocycles. The van der Waals surface area contributed by atoms with Crippen molar-refractivity contribution in [3.63, 3.8) is 0 Å². The molecule has 0 unspecified atom stereocenters. The van der Waals surface area contributed by atoms with Gasteiger partial charge < -0.3 is 29.1 Å². The van der Waals surface area contributed by atoms with Gasteiger partial charge in [-0.2, -0.15) is 0 Å². The standard InChI is InChI=1S/C56H46N2OSi.C55H42N2OSi/c1-56(2)51-21-13-12-19-45(51)46-31-27-42(35-52(46)56)58(39-17-10-7-11-18-39)41-24-23-37-33-50-47-32-28-43(36-54(47)59-53-22-14-20-48(55(50)53)49(37)34-41)57(38-15-8-6-9-16-38)40-25-29-44(30-26-40)60(3,4)5;1-59(2,3)46-29-25-42(26-30-46)56(40-14-6-4-7-15-40)45-28-32-49-52-34-39-23-24-44(35-51(39)50-19-12-20-53(55(50)52)58-54(49)36-45)57(41-16-8-5-9-17-41)43-27-31-48-38(33-43)22-21-37-13-10-11-18-47(37)48/h6-36H,1-5H3;4-36H,1-3H3. The molecule has 19 aromatic rings. The summed E-state index contributed by atoms with van der Waals surface area (Å²) in [6.45, 7) is 19.1. The van der Waals surface area contributed by atoms with Crippen LogP contribution in [0.5, 0.6) is 23.0 Å². The lowest BCUT2D eigenvalue weighted by Crippen LogP contribution is -2.37. The molecule has 0 aromatic heterocycles. The van der Waals surface area contributed by atoms with Gasteiger partial charge in [-0.05, 0) is 257 Å². The molecule has 0 amide bonds. The van der Waals surface area contributed by atoms with Crippen LogP contribution in [0.4, 0.5) is 68.2 Å². The third kappa shape index (κ3) is 12.8. The fourth-order valence-corrected chi connectivity index (χ4v) is 21.0. The summed E-state index contributed by atoms with van der Waals surface area (Å²) in [5.41, 5.74) is 23.2. The van der Waals surface area contributed by atoms with E-state index in [0.29, 0.717) is 0 Å². The highest BCUT2D eigenvalue weighted by atomic mass is 28.3. The van der Waals surface area contributed by atoms with E-state index in [1.54, 1.807) is 0 Å². The van der Waals surface area contributed by atoms with Gasteiger partial charge in [0.25, 0.3) is 0 Å². The molecule has 0 atom stereocenters. The number of rotatable bonds is 14. The van der Waals surface area contributed by atoms with Crippen molar-refractivity contribution in [2.24, 2.45) is 0 Å². The first-order chi connectivity index (χ1) is 58.0. The minimum Gasteiger partial charge on any atom is -0.456 e. The zero-order valence-corrected chi connectivity index (χ0v) is 70.1. The number of hydrogen-bond donors (Lipinski definition) is 0. The first-order valence-corrected chi connectivity index (χ1v) is 48.4. The molecule has 0 bridgehead atoms. The summed E-state index contributed by atoms with van der Waals surface area (Å²) in [6, 6.07) is 142. The fraction of sp³-hybridized carbons (Fsp3) is 0.0811. The summed E-state index contributed by atoms with van der Waals surface area (Å²) in [5.74, 6) is 3.48. The lowest BCUT2D eigenvalue weighted by atomic mass is 9.82. The van der Waals surface area contributed by atoms with E-state index in [0.717, 1.165) is 113 Å². The van der Waals surface area contributed by atoms with Crippen molar-refractivity contribution in [3.8, 4) is 56.4 Å². The maximum atomic E-state index is 6.90. The zero-order valence-electron chi connectivity index (χ0n) is 68.1. The second-order valence-electron chi connectivity index (χ2n) is 34.5. The van der Waals surface area contributed by atoms with Crippen LogP contribution in [-0.4, -0.2) is 16.1 Å². The number of hydrogen-bond acceptors (Lipinski definition) is 6. The Morgan fingerprint density at radius 2 is 0.529 bits per heavy atom. The van der Waals surface area contributed by atoms with E-state index < -0.39 is 16.1 Å².